The van der Waals surface area contributed by atoms with E-state index in [1.807, 2.05) is 42.5 Å². The SMILES string of the molecule is COc1ccc(-c2c(-c3ccccc3)oc(=O)c3c2ccn3S(=O)(=O)c2ccccc2)cc1. The highest BCUT2D eigenvalue weighted by Gasteiger charge is 2.25. The number of benzene rings is 3. The van der Waals surface area contributed by atoms with Crippen LogP contribution in [0.1, 0.15) is 0 Å². The molecule has 0 unspecified atom stereocenters. The van der Waals surface area contributed by atoms with Crippen molar-refractivity contribution in [2.45, 2.75) is 4.90 Å². The fraction of sp³-hybridized carbons (Fsp3) is 0.0385. The van der Waals surface area contributed by atoms with Crippen molar-refractivity contribution in [3.63, 3.8) is 0 Å². The van der Waals surface area contributed by atoms with E-state index < -0.39 is 15.6 Å². The third-order valence-corrected chi connectivity index (χ3v) is 7.14. The number of rotatable bonds is 5. The molecule has 0 bridgehead atoms. The Morgan fingerprint density at radius 2 is 1.42 bits per heavy atom. The summed E-state index contributed by atoms with van der Waals surface area (Å²) < 4.78 is 38.7. The number of hydrogen-bond acceptors (Lipinski definition) is 5. The summed E-state index contributed by atoms with van der Waals surface area (Å²) in [5.74, 6) is 1.05. The predicted octanol–water partition coefficient (Wildman–Crippen LogP) is 5.17. The van der Waals surface area contributed by atoms with Gasteiger partial charge in [0.15, 0.2) is 5.52 Å². The van der Waals surface area contributed by atoms with E-state index in [1.165, 1.54) is 18.3 Å². The first kappa shape index (κ1) is 20.8. The molecule has 2 aromatic heterocycles. The van der Waals surface area contributed by atoms with E-state index in [-0.39, 0.29) is 10.4 Å². The van der Waals surface area contributed by atoms with E-state index in [1.54, 1.807) is 43.5 Å². The molecule has 0 aliphatic rings. The molecule has 0 saturated carbocycles. The summed E-state index contributed by atoms with van der Waals surface area (Å²) in [6.07, 6.45) is 1.39. The number of nitrogens with zero attached hydrogens (tertiary/aromatic N) is 1. The molecule has 0 saturated heterocycles. The van der Waals surface area contributed by atoms with Gasteiger partial charge in [0.2, 0.25) is 0 Å². The standard InChI is InChI=1S/C26H19NO5S/c1-31-20-14-12-18(13-15-20)23-22-16-17-27(33(29,30)21-10-6-3-7-11-21)24(22)26(28)32-25(23)19-8-4-2-5-9-19/h2-17H,1H3. The molecule has 0 radical (unpaired) electrons. The minimum atomic E-state index is -4.00. The van der Waals surface area contributed by atoms with Crippen molar-refractivity contribution in [2.24, 2.45) is 0 Å². The van der Waals surface area contributed by atoms with Crippen LogP contribution < -0.4 is 10.4 Å². The summed E-state index contributed by atoms with van der Waals surface area (Å²) in [6.45, 7) is 0. The third-order valence-electron chi connectivity index (χ3n) is 5.45. The number of hydrogen-bond donors (Lipinski definition) is 0. The Morgan fingerprint density at radius 3 is 2.06 bits per heavy atom. The molecule has 0 spiro atoms. The van der Waals surface area contributed by atoms with Crippen molar-refractivity contribution < 1.29 is 17.6 Å². The van der Waals surface area contributed by atoms with Crippen LogP contribution in [0.3, 0.4) is 0 Å². The van der Waals surface area contributed by atoms with E-state index >= 15 is 0 Å². The maximum absolute atomic E-state index is 13.3. The Kier molecular flexibility index (Phi) is 5.11. The Bertz CT molecular complexity index is 1600. The molecule has 0 amide bonds. The van der Waals surface area contributed by atoms with Crippen molar-refractivity contribution in [3.05, 3.63) is 108 Å². The molecule has 0 atom stereocenters. The highest BCUT2D eigenvalue weighted by molar-refractivity contribution is 7.90. The van der Waals surface area contributed by atoms with Gasteiger partial charge < -0.3 is 9.15 Å². The number of fused-ring (bicyclic) bond motifs is 1. The lowest BCUT2D eigenvalue weighted by Crippen LogP contribution is -2.16. The monoisotopic (exact) mass is 457 g/mol. The summed E-state index contributed by atoms with van der Waals surface area (Å²) in [6, 6.07) is 26.2. The molecule has 6 nitrogen and oxygen atoms in total. The normalized spacial score (nSPS) is 11.5. The molecule has 164 valence electrons. The van der Waals surface area contributed by atoms with Crippen LogP contribution in [0.4, 0.5) is 0 Å². The molecule has 0 fully saturated rings. The van der Waals surface area contributed by atoms with Crippen molar-refractivity contribution >= 4 is 20.9 Å². The molecule has 33 heavy (non-hydrogen) atoms. The number of aromatic nitrogens is 1. The van der Waals surface area contributed by atoms with Crippen LogP contribution >= 0.6 is 0 Å². The zero-order valence-corrected chi connectivity index (χ0v) is 18.5. The topological polar surface area (TPSA) is 78.5 Å². The molecule has 3 aromatic carbocycles. The molecule has 5 aromatic rings. The van der Waals surface area contributed by atoms with Gasteiger partial charge in [-0.3, -0.25) is 0 Å². The summed E-state index contributed by atoms with van der Waals surface area (Å²) in [5, 5.41) is 0.481. The van der Waals surface area contributed by atoms with Crippen molar-refractivity contribution in [2.75, 3.05) is 7.11 Å². The first-order chi connectivity index (χ1) is 16.0. The Hall–Kier alpha value is -4.10. The second-order valence-electron chi connectivity index (χ2n) is 7.38. The zero-order valence-electron chi connectivity index (χ0n) is 17.6. The fourth-order valence-corrected chi connectivity index (χ4v) is 5.24. The number of ether oxygens (including phenoxy) is 1. The van der Waals surface area contributed by atoms with Gasteiger partial charge in [0.05, 0.1) is 12.0 Å². The van der Waals surface area contributed by atoms with E-state index in [2.05, 4.69) is 0 Å². The Labute approximate surface area is 190 Å². The van der Waals surface area contributed by atoms with Crippen LogP contribution in [0.15, 0.2) is 111 Å². The molecule has 0 N–H and O–H groups in total. The summed E-state index contributed by atoms with van der Waals surface area (Å²) in [4.78, 5) is 13.2. The van der Waals surface area contributed by atoms with Gasteiger partial charge in [0.25, 0.3) is 10.0 Å². The van der Waals surface area contributed by atoms with Gasteiger partial charge in [-0.05, 0) is 35.9 Å². The van der Waals surface area contributed by atoms with Crippen LogP contribution in [-0.2, 0) is 10.0 Å². The van der Waals surface area contributed by atoms with Crippen molar-refractivity contribution in [1.82, 2.24) is 3.97 Å². The van der Waals surface area contributed by atoms with Crippen LogP contribution in [-0.4, -0.2) is 19.5 Å². The van der Waals surface area contributed by atoms with Gasteiger partial charge >= 0.3 is 5.63 Å². The van der Waals surface area contributed by atoms with Crippen molar-refractivity contribution in [3.8, 4) is 28.2 Å². The van der Waals surface area contributed by atoms with Crippen molar-refractivity contribution in [1.29, 1.82) is 0 Å². The minimum Gasteiger partial charge on any atom is -0.497 e. The van der Waals surface area contributed by atoms with Gasteiger partial charge in [0, 0.05) is 22.7 Å². The predicted molar refractivity (Wildman–Crippen MR) is 127 cm³/mol. The van der Waals surface area contributed by atoms with E-state index in [9.17, 15) is 13.2 Å². The molecule has 0 aliphatic carbocycles. The summed E-state index contributed by atoms with van der Waals surface area (Å²) >= 11 is 0. The lowest BCUT2D eigenvalue weighted by atomic mass is 9.97. The lowest BCUT2D eigenvalue weighted by Gasteiger charge is -2.12. The third kappa shape index (κ3) is 3.52. The van der Waals surface area contributed by atoms with Crippen LogP contribution in [0.5, 0.6) is 5.75 Å². The molecule has 0 aliphatic heterocycles. The molecular weight excluding hydrogens is 438 g/mol. The largest absolute Gasteiger partial charge is 0.497 e. The van der Waals surface area contributed by atoms with Crippen LogP contribution in [0, 0.1) is 0 Å². The van der Waals surface area contributed by atoms with Crippen LogP contribution in [0.2, 0.25) is 0 Å². The highest BCUT2D eigenvalue weighted by atomic mass is 32.2. The van der Waals surface area contributed by atoms with E-state index in [0.29, 0.717) is 28.0 Å². The highest BCUT2D eigenvalue weighted by Crippen LogP contribution is 2.38. The van der Waals surface area contributed by atoms with Gasteiger partial charge in [-0.2, -0.15) is 0 Å². The average Bonchev–Trinajstić information content (AvgIpc) is 3.32. The second kappa shape index (κ2) is 8.11. The van der Waals surface area contributed by atoms with Gasteiger partial charge in [0.1, 0.15) is 11.5 Å². The van der Waals surface area contributed by atoms with E-state index in [0.717, 1.165) is 9.54 Å². The molecule has 5 rings (SSSR count). The van der Waals surface area contributed by atoms with Gasteiger partial charge in [-0.25, -0.2) is 17.2 Å². The first-order valence-electron chi connectivity index (χ1n) is 10.2. The minimum absolute atomic E-state index is 0.0376. The van der Waals surface area contributed by atoms with Gasteiger partial charge in [-0.1, -0.05) is 60.7 Å². The lowest BCUT2D eigenvalue weighted by molar-refractivity contribution is 0.415. The van der Waals surface area contributed by atoms with Crippen LogP contribution in [0.25, 0.3) is 33.4 Å². The molecule has 7 heteroatoms. The zero-order chi connectivity index (χ0) is 23.0. The number of methoxy groups -OCH3 is 1. The van der Waals surface area contributed by atoms with Gasteiger partial charge in [-0.15, -0.1) is 0 Å². The average molecular weight is 458 g/mol. The first-order valence-corrected chi connectivity index (χ1v) is 11.6. The maximum atomic E-state index is 13.3. The van der Waals surface area contributed by atoms with E-state index in [4.69, 9.17) is 9.15 Å². The molecular formula is C26H19NO5S. The summed E-state index contributed by atoms with van der Waals surface area (Å²) in [5.41, 5.74) is 1.33. The summed E-state index contributed by atoms with van der Waals surface area (Å²) in [7, 11) is -2.41. The Morgan fingerprint density at radius 1 is 0.788 bits per heavy atom. The maximum Gasteiger partial charge on any atom is 0.362 e. The second-order valence-corrected chi connectivity index (χ2v) is 9.20. The Balaban J connectivity index is 1.84. The quantitative estimate of drug-likeness (QED) is 0.364. The smallest absolute Gasteiger partial charge is 0.362 e. The molecule has 2 heterocycles. The fourth-order valence-electron chi connectivity index (χ4n) is 3.87.